The molecule has 1 unspecified atom stereocenters. The number of aryl methyl sites for hydroxylation is 2. The summed E-state index contributed by atoms with van der Waals surface area (Å²) in [6.07, 6.45) is 9.24. The van der Waals surface area contributed by atoms with Crippen molar-refractivity contribution in [2.24, 2.45) is 5.92 Å². The van der Waals surface area contributed by atoms with Gasteiger partial charge in [-0.3, -0.25) is 4.79 Å². The molecule has 0 amide bonds. The molecule has 1 atom stereocenters. The van der Waals surface area contributed by atoms with Gasteiger partial charge >= 0.3 is 0 Å². The summed E-state index contributed by atoms with van der Waals surface area (Å²) in [6.45, 7) is 7.02. The number of nitrogens with one attached hydrogen (secondary N) is 1. The van der Waals surface area contributed by atoms with E-state index in [2.05, 4.69) is 30.3 Å². The Morgan fingerprint density at radius 1 is 1.21 bits per heavy atom. The molecule has 1 N–H and O–H groups in total. The first-order valence-electron chi connectivity index (χ1n) is 10.0. The summed E-state index contributed by atoms with van der Waals surface area (Å²) in [7, 11) is 0. The van der Waals surface area contributed by atoms with E-state index in [9.17, 15) is 4.79 Å². The molecule has 6 nitrogen and oxygen atoms in total. The third kappa shape index (κ3) is 3.86. The third-order valence-corrected chi connectivity index (χ3v) is 5.38. The second-order valence-electron chi connectivity index (χ2n) is 7.69. The standard InChI is InChI=1S/C22H27N5O/c1-4-11-26-14-19(7-10-22(26)28)27-13-18(12-23-27)20-8-9-21(25-16(20)3)24-15(2)17-5-6-17/h7-10,12-15,17H,4-6,11H2,1-3H3,(H,24,25). The van der Waals surface area contributed by atoms with Gasteiger partial charge in [0, 0.05) is 47.9 Å². The van der Waals surface area contributed by atoms with Crippen LogP contribution in [-0.2, 0) is 6.54 Å². The molecule has 6 heteroatoms. The summed E-state index contributed by atoms with van der Waals surface area (Å²) in [5.74, 6) is 1.72. The maximum atomic E-state index is 11.9. The summed E-state index contributed by atoms with van der Waals surface area (Å²) < 4.78 is 3.53. The van der Waals surface area contributed by atoms with Crippen LogP contribution in [0.25, 0.3) is 16.8 Å². The molecule has 0 spiro atoms. The van der Waals surface area contributed by atoms with Crippen LogP contribution < -0.4 is 10.9 Å². The van der Waals surface area contributed by atoms with Crippen molar-refractivity contribution in [1.29, 1.82) is 0 Å². The minimum Gasteiger partial charge on any atom is -0.367 e. The molecule has 3 heterocycles. The highest BCUT2D eigenvalue weighted by Gasteiger charge is 2.28. The van der Waals surface area contributed by atoms with Crippen LogP contribution in [0.15, 0.2) is 47.7 Å². The van der Waals surface area contributed by atoms with Gasteiger partial charge in [-0.05, 0) is 57.2 Å². The van der Waals surface area contributed by atoms with Gasteiger partial charge < -0.3 is 9.88 Å². The summed E-state index contributed by atoms with van der Waals surface area (Å²) in [5.41, 5.74) is 3.95. The molecule has 1 saturated carbocycles. The van der Waals surface area contributed by atoms with E-state index in [1.807, 2.05) is 42.3 Å². The topological polar surface area (TPSA) is 64.7 Å². The fourth-order valence-electron chi connectivity index (χ4n) is 3.57. The zero-order valence-corrected chi connectivity index (χ0v) is 16.7. The summed E-state index contributed by atoms with van der Waals surface area (Å²) in [5, 5.41) is 8.01. The molecule has 1 fully saturated rings. The molecule has 28 heavy (non-hydrogen) atoms. The second kappa shape index (κ2) is 7.62. The zero-order chi connectivity index (χ0) is 19.7. The van der Waals surface area contributed by atoms with Crippen LogP contribution in [-0.4, -0.2) is 25.4 Å². The number of anilines is 1. The van der Waals surface area contributed by atoms with Gasteiger partial charge in [-0.1, -0.05) is 6.92 Å². The van der Waals surface area contributed by atoms with E-state index >= 15 is 0 Å². The Balaban J connectivity index is 1.57. The number of pyridine rings is 2. The van der Waals surface area contributed by atoms with E-state index in [-0.39, 0.29) is 5.56 Å². The van der Waals surface area contributed by atoms with E-state index in [4.69, 9.17) is 4.98 Å². The Bertz CT molecular complexity index is 1030. The Morgan fingerprint density at radius 2 is 2.04 bits per heavy atom. The van der Waals surface area contributed by atoms with Gasteiger partial charge in [-0.25, -0.2) is 9.67 Å². The molecule has 1 aliphatic carbocycles. The van der Waals surface area contributed by atoms with E-state index in [1.165, 1.54) is 12.8 Å². The van der Waals surface area contributed by atoms with Crippen LogP contribution in [0.5, 0.6) is 0 Å². The average Bonchev–Trinajstić information content (AvgIpc) is 3.42. The number of hydrogen-bond donors (Lipinski definition) is 1. The van der Waals surface area contributed by atoms with Gasteiger partial charge in [-0.15, -0.1) is 0 Å². The molecular formula is C22H27N5O. The van der Waals surface area contributed by atoms with Crippen LogP contribution in [0, 0.1) is 12.8 Å². The molecule has 0 aromatic carbocycles. The highest BCUT2D eigenvalue weighted by atomic mass is 16.1. The normalized spacial score (nSPS) is 14.8. The van der Waals surface area contributed by atoms with Crippen LogP contribution in [0.2, 0.25) is 0 Å². The largest absolute Gasteiger partial charge is 0.367 e. The van der Waals surface area contributed by atoms with Crippen molar-refractivity contribution >= 4 is 5.82 Å². The molecule has 0 aliphatic heterocycles. The molecular weight excluding hydrogens is 350 g/mol. The molecule has 4 rings (SSSR count). The van der Waals surface area contributed by atoms with Crippen molar-refractivity contribution < 1.29 is 0 Å². The highest BCUT2D eigenvalue weighted by Crippen LogP contribution is 2.34. The lowest BCUT2D eigenvalue weighted by Gasteiger charge is -2.14. The lowest BCUT2D eigenvalue weighted by atomic mass is 10.1. The van der Waals surface area contributed by atoms with Crippen molar-refractivity contribution in [3.8, 4) is 16.8 Å². The fourth-order valence-corrected chi connectivity index (χ4v) is 3.57. The Labute approximate surface area is 165 Å². The number of hydrogen-bond acceptors (Lipinski definition) is 4. The Hall–Kier alpha value is -2.89. The number of nitrogens with zero attached hydrogens (tertiary/aromatic N) is 4. The molecule has 3 aromatic heterocycles. The minimum absolute atomic E-state index is 0.0153. The van der Waals surface area contributed by atoms with Crippen LogP contribution in [0.3, 0.4) is 0 Å². The Kier molecular flexibility index (Phi) is 5.03. The first-order chi connectivity index (χ1) is 13.5. The van der Waals surface area contributed by atoms with E-state index in [0.29, 0.717) is 12.6 Å². The fraction of sp³-hybridized carbons (Fsp3) is 0.409. The van der Waals surface area contributed by atoms with E-state index in [0.717, 1.165) is 40.7 Å². The van der Waals surface area contributed by atoms with Crippen LogP contribution in [0.1, 0.15) is 38.8 Å². The van der Waals surface area contributed by atoms with Crippen molar-refractivity contribution in [3.63, 3.8) is 0 Å². The van der Waals surface area contributed by atoms with E-state index < -0.39 is 0 Å². The molecule has 146 valence electrons. The van der Waals surface area contributed by atoms with Crippen molar-refractivity contribution in [3.05, 3.63) is 58.9 Å². The van der Waals surface area contributed by atoms with Gasteiger partial charge in [0.25, 0.3) is 5.56 Å². The van der Waals surface area contributed by atoms with Gasteiger partial charge in [-0.2, -0.15) is 5.10 Å². The zero-order valence-electron chi connectivity index (χ0n) is 16.7. The van der Waals surface area contributed by atoms with E-state index in [1.54, 1.807) is 10.6 Å². The molecule has 0 bridgehead atoms. The highest BCUT2D eigenvalue weighted by molar-refractivity contribution is 5.66. The minimum atomic E-state index is 0.0153. The molecule has 3 aromatic rings. The van der Waals surface area contributed by atoms with Gasteiger partial charge in [0.15, 0.2) is 0 Å². The Morgan fingerprint density at radius 3 is 2.75 bits per heavy atom. The monoisotopic (exact) mass is 377 g/mol. The maximum absolute atomic E-state index is 11.9. The first-order valence-corrected chi connectivity index (χ1v) is 10.0. The SMILES string of the molecule is CCCn1cc(-n2cc(-c3ccc(NC(C)C4CC4)nc3C)cn2)ccc1=O. The third-order valence-electron chi connectivity index (χ3n) is 5.38. The lowest BCUT2D eigenvalue weighted by Crippen LogP contribution is -2.19. The lowest BCUT2D eigenvalue weighted by molar-refractivity contribution is 0.648. The summed E-state index contributed by atoms with van der Waals surface area (Å²) in [4.78, 5) is 16.7. The van der Waals surface area contributed by atoms with Gasteiger partial charge in [0.05, 0.1) is 11.9 Å². The van der Waals surface area contributed by atoms with Crippen LogP contribution >= 0.6 is 0 Å². The summed E-state index contributed by atoms with van der Waals surface area (Å²) >= 11 is 0. The molecule has 0 radical (unpaired) electrons. The quantitative estimate of drug-likeness (QED) is 0.675. The predicted octanol–water partition coefficient (Wildman–Crippen LogP) is 4.02. The van der Waals surface area contributed by atoms with Crippen molar-refractivity contribution in [1.82, 2.24) is 19.3 Å². The van der Waals surface area contributed by atoms with Gasteiger partial charge in [0.1, 0.15) is 5.82 Å². The van der Waals surface area contributed by atoms with Crippen molar-refractivity contribution in [2.45, 2.75) is 52.6 Å². The predicted molar refractivity (Wildman–Crippen MR) is 112 cm³/mol. The van der Waals surface area contributed by atoms with Crippen molar-refractivity contribution in [2.75, 3.05) is 5.32 Å². The summed E-state index contributed by atoms with van der Waals surface area (Å²) in [6, 6.07) is 8.02. The second-order valence-corrected chi connectivity index (χ2v) is 7.69. The molecule has 1 aliphatic rings. The van der Waals surface area contributed by atoms with Gasteiger partial charge in [0.2, 0.25) is 0 Å². The first kappa shape index (κ1) is 18.5. The number of aromatic nitrogens is 4. The maximum Gasteiger partial charge on any atom is 0.250 e. The number of rotatable bonds is 7. The van der Waals surface area contributed by atoms with Crippen LogP contribution in [0.4, 0.5) is 5.82 Å². The smallest absolute Gasteiger partial charge is 0.250 e. The average molecular weight is 377 g/mol. The molecule has 0 saturated heterocycles.